The zero-order valence-corrected chi connectivity index (χ0v) is 15.3. The lowest BCUT2D eigenvalue weighted by molar-refractivity contribution is 0.0488. The predicted octanol–water partition coefficient (Wildman–Crippen LogP) is 3.54. The van der Waals surface area contributed by atoms with Gasteiger partial charge in [-0.15, -0.1) is 0 Å². The molecular weight excluding hydrogens is 337 g/mol. The van der Waals surface area contributed by atoms with Crippen molar-refractivity contribution in [1.82, 2.24) is 14.9 Å². The van der Waals surface area contributed by atoms with Crippen LogP contribution in [0.15, 0.2) is 29.2 Å². The summed E-state index contributed by atoms with van der Waals surface area (Å²) in [5, 5.41) is 2.89. The summed E-state index contributed by atoms with van der Waals surface area (Å²) < 4.78 is 20.5. The third kappa shape index (κ3) is 4.20. The van der Waals surface area contributed by atoms with Gasteiger partial charge in [0.15, 0.2) is 0 Å². The first kappa shape index (κ1) is 18.4. The number of hydrogen-bond acceptors (Lipinski definition) is 4. The summed E-state index contributed by atoms with van der Waals surface area (Å²) >= 11 is 0. The maximum Gasteiger partial charge on any atom is 0.407 e. The van der Waals surface area contributed by atoms with E-state index < -0.39 is 17.5 Å². The molecule has 0 atom stereocenters. The fourth-order valence-corrected chi connectivity index (χ4v) is 3.44. The molecule has 2 aromatic heterocycles. The lowest BCUT2D eigenvalue weighted by Crippen LogP contribution is -2.41. The van der Waals surface area contributed by atoms with Crippen LogP contribution in [0.3, 0.4) is 0 Å². The van der Waals surface area contributed by atoms with E-state index in [2.05, 4.69) is 10.3 Å². The van der Waals surface area contributed by atoms with Crippen molar-refractivity contribution < 1.29 is 13.9 Å². The van der Waals surface area contributed by atoms with Gasteiger partial charge in [-0.2, -0.15) is 0 Å². The van der Waals surface area contributed by atoms with E-state index in [4.69, 9.17) is 4.74 Å². The van der Waals surface area contributed by atoms with Crippen molar-refractivity contribution in [2.24, 2.45) is 0 Å². The van der Waals surface area contributed by atoms with Crippen LogP contribution >= 0.6 is 0 Å². The molecule has 1 amide bonds. The predicted molar refractivity (Wildman–Crippen MR) is 96.6 cm³/mol. The van der Waals surface area contributed by atoms with E-state index in [-0.39, 0.29) is 17.6 Å². The number of carbonyl (C=O) groups excluding carboxylic acids is 1. The molecule has 2 heterocycles. The Labute approximate surface area is 151 Å². The monoisotopic (exact) mass is 361 g/mol. The Morgan fingerprint density at radius 2 is 1.96 bits per heavy atom. The van der Waals surface area contributed by atoms with Gasteiger partial charge < -0.3 is 14.6 Å². The Kier molecular flexibility index (Phi) is 4.98. The van der Waals surface area contributed by atoms with Crippen molar-refractivity contribution in [3.8, 4) is 0 Å². The Bertz CT molecular complexity index is 864. The summed E-state index contributed by atoms with van der Waals surface area (Å²) in [6.45, 7) is 5.47. The zero-order chi connectivity index (χ0) is 18.9. The smallest absolute Gasteiger partial charge is 0.407 e. The molecule has 1 aliphatic rings. The average molecular weight is 361 g/mol. The summed E-state index contributed by atoms with van der Waals surface area (Å²) in [7, 11) is 0. The standard InChI is InChI=1S/C19H24FN3O3/c1-19(2,3)26-18(25)22-13-4-6-14(7-5-13)23-16-10-12(20)11-21-15(16)8-9-17(23)24/h8-11,13-14H,4-7H2,1-3H3,(H,22,25). The number of hydrogen-bond donors (Lipinski definition) is 1. The molecule has 1 saturated carbocycles. The molecule has 0 bridgehead atoms. The molecule has 1 fully saturated rings. The minimum Gasteiger partial charge on any atom is -0.444 e. The fraction of sp³-hybridized carbons (Fsp3) is 0.526. The molecule has 7 heteroatoms. The summed E-state index contributed by atoms with van der Waals surface area (Å²) in [6.07, 6.45) is 3.63. The summed E-state index contributed by atoms with van der Waals surface area (Å²) in [6, 6.07) is 4.42. The van der Waals surface area contributed by atoms with Gasteiger partial charge in [-0.05, 0) is 52.5 Å². The van der Waals surface area contributed by atoms with Crippen molar-refractivity contribution in [3.63, 3.8) is 0 Å². The highest BCUT2D eigenvalue weighted by Gasteiger charge is 2.26. The van der Waals surface area contributed by atoms with Crippen molar-refractivity contribution in [2.45, 2.75) is 64.1 Å². The Balaban J connectivity index is 1.72. The van der Waals surface area contributed by atoms with Gasteiger partial charge in [-0.3, -0.25) is 9.78 Å². The third-order valence-electron chi connectivity index (χ3n) is 4.53. The number of fused-ring (bicyclic) bond motifs is 1. The highest BCUT2D eigenvalue weighted by molar-refractivity contribution is 5.74. The minimum absolute atomic E-state index is 0.0154. The molecule has 0 saturated heterocycles. The van der Waals surface area contributed by atoms with Crippen molar-refractivity contribution in [3.05, 3.63) is 40.6 Å². The topological polar surface area (TPSA) is 73.2 Å². The molecule has 0 unspecified atom stereocenters. The van der Waals surface area contributed by atoms with E-state index in [1.54, 1.807) is 10.6 Å². The summed E-state index contributed by atoms with van der Waals surface area (Å²) in [4.78, 5) is 28.3. The zero-order valence-electron chi connectivity index (χ0n) is 15.3. The number of rotatable bonds is 2. The number of nitrogens with zero attached hydrogens (tertiary/aromatic N) is 2. The normalized spacial score (nSPS) is 20.8. The van der Waals surface area contributed by atoms with E-state index >= 15 is 0 Å². The maximum absolute atomic E-state index is 13.6. The van der Waals surface area contributed by atoms with Gasteiger partial charge in [0.05, 0.1) is 17.2 Å². The number of aromatic nitrogens is 2. The van der Waals surface area contributed by atoms with Crippen LogP contribution in [0.25, 0.3) is 11.0 Å². The number of ether oxygens (including phenoxy) is 1. The molecular formula is C19H24FN3O3. The summed E-state index contributed by atoms with van der Waals surface area (Å²) in [5.74, 6) is -0.461. The molecule has 26 heavy (non-hydrogen) atoms. The minimum atomic E-state index is -0.533. The van der Waals surface area contributed by atoms with Crippen molar-refractivity contribution >= 4 is 17.1 Å². The first-order valence-electron chi connectivity index (χ1n) is 8.89. The highest BCUT2D eigenvalue weighted by Crippen LogP contribution is 2.30. The quantitative estimate of drug-likeness (QED) is 0.888. The van der Waals surface area contributed by atoms with Gasteiger partial charge in [0.1, 0.15) is 11.4 Å². The fourth-order valence-electron chi connectivity index (χ4n) is 3.44. The second-order valence-electron chi connectivity index (χ2n) is 7.75. The number of halogens is 1. The van der Waals surface area contributed by atoms with E-state index in [1.165, 1.54) is 12.1 Å². The molecule has 2 aromatic rings. The van der Waals surface area contributed by atoms with Crippen LogP contribution in [-0.2, 0) is 4.74 Å². The number of nitrogens with one attached hydrogen (secondary N) is 1. The summed E-state index contributed by atoms with van der Waals surface area (Å²) in [5.41, 5.74) is 0.420. The van der Waals surface area contributed by atoms with Crippen LogP contribution in [0, 0.1) is 5.82 Å². The van der Waals surface area contributed by atoms with Gasteiger partial charge in [-0.25, -0.2) is 9.18 Å². The van der Waals surface area contributed by atoms with Crippen LogP contribution < -0.4 is 10.9 Å². The second kappa shape index (κ2) is 7.05. The second-order valence-corrected chi connectivity index (χ2v) is 7.75. The Morgan fingerprint density at radius 1 is 1.27 bits per heavy atom. The highest BCUT2D eigenvalue weighted by atomic mass is 19.1. The van der Waals surface area contributed by atoms with Crippen molar-refractivity contribution in [1.29, 1.82) is 0 Å². The van der Waals surface area contributed by atoms with Crippen LogP contribution in [0.1, 0.15) is 52.5 Å². The third-order valence-corrected chi connectivity index (χ3v) is 4.53. The van der Waals surface area contributed by atoms with Crippen LogP contribution in [0.2, 0.25) is 0 Å². The van der Waals surface area contributed by atoms with Crippen LogP contribution in [0.4, 0.5) is 9.18 Å². The van der Waals surface area contributed by atoms with Gasteiger partial charge in [0.2, 0.25) is 0 Å². The van der Waals surface area contributed by atoms with E-state index in [0.29, 0.717) is 11.0 Å². The molecule has 0 aliphatic heterocycles. The first-order chi connectivity index (χ1) is 12.2. The maximum atomic E-state index is 13.6. The van der Waals surface area contributed by atoms with Gasteiger partial charge in [0.25, 0.3) is 5.56 Å². The molecule has 1 N–H and O–H groups in total. The Morgan fingerprint density at radius 3 is 2.62 bits per heavy atom. The number of carbonyl (C=O) groups is 1. The van der Waals surface area contributed by atoms with Crippen LogP contribution in [-0.4, -0.2) is 27.3 Å². The number of alkyl carbamates (subject to hydrolysis) is 1. The molecule has 0 spiro atoms. The van der Waals surface area contributed by atoms with Gasteiger partial charge in [0, 0.05) is 24.2 Å². The molecule has 3 rings (SSSR count). The first-order valence-corrected chi connectivity index (χ1v) is 8.89. The lowest BCUT2D eigenvalue weighted by Gasteiger charge is -2.31. The molecule has 0 radical (unpaired) electrons. The largest absolute Gasteiger partial charge is 0.444 e. The van der Waals surface area contributed by atoms with E-state index in [9.17, 15) is 14.0 Å². The van der Waals surface area contributed by atoms with Gasteiger partial charge in [-0.1, -0.05) is 0 Å². The van der Waals surface area contributed by atoms with Gasteiger partial charge >= 0.3 is 6.09 Å². The van der Waals surface area contributed by atoms with Crippen LogP contribution in [0.5, 0.6) is 0 Å². The average Bonchev–Trinajstić information content (AvgIpc) is 2.54. The lowest BCUT2D eigenvalue weighted by atomic mass is 9.90. The molecule has 140 valence electrons. The molecule has 0 aromatic carbocycles. The molecule has 1 aliphatic carbocycles. The number of amides is 1. The molecule has 6 nitrogen and oxygen atoms in total. The van der Waals surface area contributed by atoms with E-state index in [0.717, 1.165) is 31.9 Å². The number of pyridine rings is 2. The van der Waals surface area contributed by atoms with E-state index in [1.807, 2.05) is 20.8 Å². The van der Waals surface area contributed by atoms with Crippen molar-refractivity contribution in [2.75, 3.05) is 0 Å². The SMILES string of the molecule is CC(C)(C)OC(=O)NC1CCC(n2c(=O)ccc3ncc(F)cc32)CC1. The Hall–Kier alpha value is -2.44.